The van der Waals surface area contributed by atoms with Gasteiger partial charge in [0.05, 0.1) is 5.92 Å². The van der Waals surface area contributed by atoms with Crippen molar-refractivity contribution in [1.29, 1.82) is 0 Å². The average Bonchev–Trinajstić information content (AvgIpc) is 3.13. The third-order valence-corrected chi connectivity index (χ3v) is 5.03. The van der Waals surface area contributed by atoms with Gasteiger partial charge in [0.2, 0.25) is 11.7 Å². The second kappa shape index (κ2) is 4.57. The Morgan fingerprint density at radius 3 is 2.85 bits per heavy atom. The maximum absolute atomic E-state index is 6.32. The summed E-state index contributed by atoms with van der Waals surface area (Å²) in [6.07, 6.45) is 3.69. The Hall–Kier alpha value is -1.39. The molecule has 0 saturated heterocycles. The summed E-state index contributed by atoms with van der Waals surface area (Å²) in [7, 11) is 0. The van der Waals surface area contributed by atoms with Gasteiger partial charge in [0.15, 0.2) is 0 Å². The molecule has 4 unspecified atom stereocenters. The van der Waals surface area contributed by atoms with E-state index in [-0.39, 0.29) is 12.0 Å². The highest BCUT2D eigenvalue weighted by molar-refractivity contribution is 6.30. The summed E-state index contributed by atoms with van der Waals surface area (Å²) in [4.78, 5) is 4.56. The van der Waals surface area contributed by atoms with Crippen molar-refractivity contribution in [3.05, 3.63) is 35.2 Å². The molecule has 4 rings (SSSR count). The minimum Gasteiger partial charge on any atom is -0.339 e. The third-order valence-electron chi connectivity index (χ3n) is 4.79. The van der Waals surface area contributed by atoms with E-state index in [1.807, 2.05) is 24.3 Å². The van der Waals surface area contributed by atoms with Gasteiger partial charge >= 0.3 is 0 Å². The van der Waals surface area contributed by atoms with Gasteiger partial charge < -0.3 is 10.3 Å². The SMILES string of the molecule is NC1C2CCC(C2)C1c1nc(-c2cccc(Cl)c2)no1. The number of hydrogen-bond donors (Lipinski definition) is 1. The standard InChI is InChI=1S/C15H16ClN3O/c16-11-3-1-2-10(7-11)14-18-15(20-19-14)12-8-4-5-9(6-8)13(12)17/h1-3,7-9,12-13H,4-6,17H2. The maximum Gasteiger partial charge on any atom is 0.231 e. The van der Waals surface area contributed by atoms with Crippen LogP contribution in [-0.4, -0.2) is 16.2 Å². The Morgan fingerprint density at radius 2 is 2.10 bits per heavy atom. The summed E-state index contributed by atoms with van der Waals surface area (Å²) in [6.45, 7) is 0. The predicted molar refractivity (Wildman–Crippen MR) is 76.3 cm³/mol. The lowest BCUT2D eigenvalue weighted by molar-refractivity contribution is 0.279. The molecule has 4 nitrogen and oxygen atoms in total. The van der Waals surface area contributed by atoms with Crippen LogP contribution in [0, 0.1) is 11.8 Å². The molecular formula is C15H16ClN3O. The zero-order valence-corrected chi connectivity index (χ0v) is 11.8. The number of rotatable bonds is 2. The van der Waals surface area contributed by atoms with E-state index in [2.05, 4.69) is 10.1 Å². The van der Waals surface area contributed by atoms with Gasteiger partial charge in [0.1, 0.15) is 0 Å². The fraction of sp³-hybridized carbons (Fsp3) is 0.467. The number of nitrogens with zero attached hydrogens (tertiary/aromatic N) is 2. The molecule has 0 spiro atoms. The van der Waals surface area contributed by atoms with Crippen molar-refractivity contribution in [2.24, 2.45) is 17.6 Å². The summed E-state index contributed by atoms with van der Waals surface area (Å²) >= 11 is 6.00. The lowest BCUT2D eigenvalue weighted by Gasteiger charge is -2.24. The first-order valence-corrected chi connectivity index (χ1v) is 7.45. The molecule has 2 fully saturated rings. The van der Waals surface area contributed by atoms with Gasteiger partial charge in [-0.05, 0) is 43.2 Å². The number of benzene rings is 1. The molecule has 2 N–H and O–H groups in total. The molecule has 2 aromatic rings. The number of fused-ring (bicyclic) bond motifs is 2. The van der Waals surface area contributed by atoms with E-state index in [1.165, 1.54) is 19.3 Å². The van der Waals surface area contributed by atoms with Crippen LogP contribution in [-0.2, 0) is 0 Å². The van der Waals surface area contributed by atoms with Crippen LogP contribution in [0.25, 0.3) is 11.4 Å². The van der Waals surface area contributed by atoms with Crippen LogP contribution in [0.1, 0.15) is 31.1 Å². The molecule has 0 radical (unpaired) electrons. The third kappa shape index (κ3) is 1.86. The van der Waals surface area contributed by atoms with E-state index >= 15 is 0 Å². The van der Waals surface area contributed by atoms with E-state index in [9.17, 15) is 0 Å². The summed E-state index contributed by atoms with van der Waals surface area (Å²) in [6, 6.07) is 7.66. The number of aromatic nitrogens is 2. The zero-order chi connectivity index (χ0) is 13.7. The largest absolute Gasteiger partial charge is 0.339 e. The van der Waals surface area contributed by atoms with Crippen LogP contribution in [0.3, 0.4) is 0 Å². The van der Waals surface area contributed by atoms with Crippen molar-refractivity contribution < 1.29 is 4.52 Å². The van der Waals surface area contributed by atoms with Crippen molar-refractivity contribution in [1.82, 2.24) is 10.1 Å². The van der Waals surface area contributed by atoms with Gasteiger partial charge in [0.25, 0.3) is 0 Å². The monoisotopic (exact) mass is 289 g/mol. The molecule has 0 amide bonds. The molecule has 104 valence electrons. The first-order chi connectivity index (χ1) is 9.72. The lowest BCUT2D eigenvalue weighted by atomic mass is 9.85. The van der Waals surface area contributed by atoms with Gasteiger partial charge in [0, 0.05) is 16.6 Å². The first-order valence-electron chi connectivity index (χ1n) is 7.07. The van der Waals surface area contributed by atoms with Crippen molar-refractivity contribution in [2.75, 3.05) is 0 Å². The molecular weight excluding hydrogens is 274 g/mol. The molecule has 1 aromatic carbocycles. The molecule has 0 aliphatic heterocycles. The van der Waals surface area contributed by atoms with E-state index < -0.39 is 0 Å². The van der Waals surface area contributed by atoms with Gasteiger partial charge in [-0.15, -0.1) is 0 Å². The number of nitrogens with two attached hydrogens (primary N) is 1. The number of halogens is 1. The Bertz CT molecular complexity index is 640. The van der Waals surface area contributed by atoms with Crippen LogP contribution in [0.4, 0.5) is 0 Å². The normalized spacial score (nSPS) is 31.9. The molecule has 5 heteroatoms. The topological polar surface area (TPSA) is 64.9 Å². The maximum atomic E-state index is 6.32. The van der Waals surface area contributed by atoms with Gasteiger partial charge in [-0.25, -0.2) is 0 Å². The molecule has 4 atom stereocenters. The molecule has 2 bridgehead atoms. The molecule has 20 heavy (non-hydrogen) atoms. The molecule has 2 aliphatic rings. The first kappa shape index (κ1) is 12.4. The molecule has 2 saturated carbocycles. The minimum atomic E-state index is 0.168. The van der Waals surface area contributed by atoms with Crippen LogP contribution in [0.2, 0.25) is 5.02 Å². The van der Waals surface area contributed by atoms with Gasteiger partial charge in [-0.3, -0.25) is 0 Å². The summed E-state index contributed by atoms with van der Waals surface area (Å²) in [5.74, 6) is 2.76. The van der Waals surface area contributed by atoms with Crippen molar-refractivity contribution in [3.8, 4) is 11.4 Å². The summed E-state index contributed by atoms with van der Waals surface area (Å²) in [5, 5.41) is 4.76. The van der Waals surface area contributed by atoms with Crippen LogP contribution in [0.5, 0.6) is 0 Å². The van der Waals surface area contributed by atoms with E-state index in [4.69, 9.17) is 21.9 Å². The molecule has 1 heterocycles. The summed E-state index contributed by atoms with van der Waals surface area (Å²) in [5.41, 5.74) is 7.20. The average molecular weight is 290 g/mol. The Morgan fingerprint density at radius 1 is 1.25 bits per heavy atom. The van der Waals surface area contributed by atoms with Crippen LogP contribution in [0.15, 0.2) is 28.8 Å². The number of hydrogen-bond acceptors (Lipinski definition) is 4. The van der Waals surface area contributed by atoms with Crippen molar-refractivity contribution in [2.45, 2.75) is 31.2 Å². The molecule has 1 aromatic heterocycles. The highest BCUT2D eigenvalue weighted by atomic mass is 35.5. The second-order valence-electron chi connectivity index (χ2n) is 5.90. The van der Waals surface area contributed by atoms with Gasteiger partial charge in [-0.1, -0.05) is 28.9 Å². The highest BCUT2D eigenvalue weighted by Crippen LogP contribution is 2.51. The smallest absolute Gasteiger partial charge is 0.231 e. The van der Waals surface area contributed by atoms with Crippen molar-refractivity contribution >= 4 is 11.6 Å². The highest BCUT2D eigenvalue weighted by Gasteiger charge is 2.48. The van der Waals surface area contributed by atoms with Crippen LogP contribution >= 0.6 is 11.6 Å². The summed E-state index contributed by atoms with van der Waals surface area (Å²) < 4.78 is 5.48. The molecule has 2 aliphatic carbocycles. The van der Waals surface area contributed by atoms with Crippen LogP contribution < -0.4 is 5.73 Å². The van der Waals surface area contributed by atoms with E-state index in [0.717, 1.165) is 5.56 Å². The Kier molecular flexibility index (Phi) is 2.82. The fourth-order valence-corrected chi connectivity index (χ4v) is 4.01. The fourth-order valence-electron chi connectivity index (χ4n) is 3.82. The van der Waals surface area contributed by atoms with E-state index in [1.54, 1.807) is 0 Å². The Labute approximate surface area is 122 Å². The minimum absolute atomic E-state index is 0.168. The lowest BCUT2D eigenvalue weighted by Crippen LogP contribution is -2.34. The van der Waals surface area contributed by atoms with E-state index in [0.29, 0.717) is 28.6 Å². The predicted octanol–water partition coefficient (Wildman–Crippen LogP) is 3.23. The van der Waals surface area contributed by atoms with Gasteiger partial charge in [-0.2, -0.15) is 4.98 Å². The quantitative estimate of drug-likeness (QED) is 0.922. The second-order valence-corrected chi connectivity index (χ2v) is 6.34. The Balaban J connectivity index is 1.66. The zero-order valence-electron chi connectivity index (χ0n) is 11.0. The van der Waals surface area contributed by atoms with Crippen molar-refractivity contribution in [3.63, 3.8) is 0 Å².